The largest absolute Gasteiger partial charge is 0.507 e. The van der Waals surface area contributed by atoms with Gasteiger partial charge >= 0.3 is 5.97 Å². The van der Waals surface area contributed by atoms with Gasteiger partial charge in [0, 0.05) is 13.0 Å². The molecule has 0 radical (unpaired) electrons. The number of aromatic hydroxyl groups is 1. The van der Waals surface area contributed by atoms with Crippen molar-refractivity contribution in [3.8, 4) is 5.75 Å². The molecular weight excluding hydrogens is 464 g/mol. The van der Waals surface area contributed by atoms with Gasteiger partial charge in [0.2, 0.25) is 0 Å². The number of ketones is 1. The number of benzene rings is 1. The van der Waals surface area contributed by atoms with Crippen LogP contribution >= 0.6 is 0 Å². The van der Waals surface area contributed by atoms with Crippen molar-refractivity contribution in [2.45, 2.75) is 71.1 Å². The van der Waals surface area contributed by atoms with E-state index >= 15 is 0 Å². The van der Waals surface area contributed by atoms with E-state index < -0.39 is 5.97 Å². The molecule has 0 aliphatic rings. The van der Waals surface area contributed by atoms with Gasteiger partial charge in [0.1, 0.15) is 17.9 Å². The first-order valence-electron chi connectivity index (χ1n) is 13.4. The average molecular weight is 509 g/mol. The summed E-state index contributed by atoms with van der Waals surface area (Å²) in [6.45, 7) is 2.94. The Bertz CT molecular complexity index is 892. The van der Waals surface area contributed by atoms with E-state index in [1.54, 1.807) is 12.1 Å². The molecular formula is C32H44O5. The number of phenolic OH excluding ortho intramolecular Hbond substituents is 1. The van der Waals surface area contributed by atoms with Crippen LogP contribution in [0, 0.1) is 0 Å². The number of carbonyl (C=O) groups is 2. The topological polar surface area (TPSA) is 72.8 Å². The Labute approximate surface area is 223 Å². The highest BCUT2D eigenvalue weighted by Crippen LogP contribution is 2.16. The van der Waals surface area contributed by atoms with Gasteiger partial charge in [-0.2, -0.15) is 0 Å². The zero-order chi connectivity index (χ0) is 26.8. The number of allylic oxidation sites excluding steroid dienone is 10. The lowest BCUT2D eigenvalue weighted by atomic mass is 10.2. The quantitative estimate of drug-likeness (QED) is 0.104. The van der Waals surface area contributed by atoms with Crippen LogP contribution in [-0.2, 0) is 14.3 Å². The molecule has 1 aromatic rings. The van der Waals surface area contributed by atoms with Crippen LogP contribution < -0.4 is 0 Å². The first kappa shape index (κ1) is 31.8. The van der Waals surface area contributed by atoms with Gasteiger partial charge in [0.05, 0.1) is 6.61 Å². The summed E-state index contributed by atoms with van der Waals surface area (Å²) < 4.78 is 10.5. The van der Waals surface area contributed by atoms with Gasteiger partial charge in [-0.1, -0.05) is 79.8 Å². The average Bonchev–Trinajstić information content (AvgIpc) is 2.90. The molecule has 1 aromatic carbocycles. The van der Waals surface area contributed by atoms with E-state index in [4.69, 9.17) is 9.47 Å². The summed E-state index contributed by atoms with van der Waals surface area (Å²) in [4.78, 5) is 23.7. The summed E-state index contributed by atoms with van der Waals surface area (Å²) in [6.07, 6.45) is 30.7. The number of phenols is 1. The van der Waals surface area contributed by atoms with Crippen molar-refractivity contribution < 1.29 is 24.2 Å². The van der Waals surface area contributed by atoms with Crippen molar-refractivity contribution in [2.24, 2.45) is 0 Å². The second-order valence-corrected chi connectivity index (χ2v) is 8.55. The highest BCUT2D eigenvalue weighted by atomic mass is 16.5. The van der Waals surface area contributed by atoms with Crippen LogP contribution in [0.1, 0.15) is 81.5 Å². The number of carbonyl (C=O) groups excluding carboxylic acids is 2. The van der Waals surface area contributed by atoms with Gasteiger partial charge in [-0.05, 0) is 69.9 Å². The van der Waals surface area contributed by atoms with Crippen molar-refractivity contribution in [1.29, 1.82) is 0 Å². The maximum atomic E-state index is 11.9. The molecule has 0 heterocycles. The molecule has 0 amide bonds. The van der Waals surface area contributed by atoms with Gasteiger partial charge in [0.15, 0.2) is 5.78 Å². The van der Waals surface area contributed by atoms with Crippen molar-refractivity contribution >= 4 is 11.8 Å². The van der Waals surface area contributed by atoms with Gasteiger partial charge in [-0.25, -0.2) is 4.79 Å². The third kappa shape index (κ3) is 18.7. The first-order chi connectivity index (χ1) is 18.1. The number of hydrogen-bond donors (Lipinski definition) is 1. The normalized spacial score (nSPS) is 12.1. The molecule has 0 bridgehead atoms. The Morgan fingerprint density at radius 3 is 1.97 bits per heavy atom. The predicted molar refractivity (Wildman–Crippen MR) is 152 cm³/mol. The maximum absolute atomic E-state index is 11.9. The smallest absolute Gasteiger partial charge is 0.341 e. The SMILES string of the molecule is CC/C=C\C/C=C\C/C=C\C/C=C\C/C=C\CCCCOCC(=O)CCCOC(=O)c1ccccc1O. The molecule has 0 spiro atoms. The molecule has 5 heteroatoms. The monoisotopic (exact) mass is 508 g/mol. The van der Waals surface area contributed by atoms with E-state index in [2.05, 4.69) is 67.7 Å². The van der Waals surface area contributed by atoms with E-state index in [1.807, 2.05) is 0 Å². The lowest BCUT2D eigenvalue weighted by Gasteiger charge is -2.06. The predicted octanol–water partition coefficient (Wildman–Crippen LogP) is 7.84. The number of rotatable bonds is 21. The van der Waals surface area contributed by atoms with E-state index in [-0.39, 0.29) is 30.3 Å². The van der Waals surface area contributed by atoms with Gasteiger partial charge in [-0.3, -0.25) is 4.79 Å². The second-order valence-electron chi connectivity index (χ2n) is 8.55. The highest BCUT2D eigenvalue weighted by Gasteiger charge is 2.11. The molecule has 5 nitrogen and oxygen atoms in total. The molecule has 0 aliphatic heterocycles. The van der Waals surface area contributed by atoms with Gasteiger partial charge in [-0.15, -0.1) is 0 Å². The zero-order valence-corrected chi connectivity index (χ0v) is 22.4. The third-order valence-corrected chi connectivity index (χ3v) is 5.29. The molecule has 0 aliphatic carbocycles. The van der Waals surface area contributed by atoms with Crippen molar-refractivity contribution in [2.75, 3.05) is 19.8 Å². The highest BCUT2D eigenvalue weighted by molar-refractivity contribution is 5.92. The van der Waals surface area contributed by atoms with E-state index in [0.717, 1.165) is 51.4 Å². The summed E-state index contributed by atoms with van der Waals surface area (Å²) in [5.74, 6) is -0.705. The lowest BCUT2D eigenvalue weighted by Crippen LogP contribution is -2.12. The van der Waals surface area contributed by atoms with E-state index in [0.29, 0.717) is 19.4 Å². The summed E-state index contributed by atoms with van der Waals surface area (Å²) in [5, 5.41) is 9.63. The fourth-order valence-electron chi connectivity index (χ4n) is 3.25. The summed E-state index contributed by atoms with van der Waals surface area (Å²) in [7, 11) is 0. The van der Waals surface area contributed by atoms with Crippen LogP contribution in [0.4, 0.5) is 0 Å². The third-order valence-electron chi connectivity index (χ3n) is 5.29. The molecule has 0 saturated carbocycles. The summed E-state index contributed by atoms with van der Waals surface area (Å²) in [5.41, 5.74) is 0.127. The Kier molecular flexibility index (Phi) is 20.0. The van der Waals surface area contributed by atoms with Crippen LogP contribution in [0.15, 0.2) is 85.0 Å². The van der Waals surface area contributed by atoms with Crippen molar-refractivity contribution in [3.05, 3.63) is 90.6 Å². The molecule has 1 N–H and O–H groups in total. The molecule has 0 saturated heterocycles. The minimum absolute atomic E-state index is 0.00330. The molecule has 0 aromatic heterocycles. The Morgan fingerprint density at radius 2 is 1.35 bits per heavy atom. The van der Waals surface area contributed by atoms with Crippen LogP contribution in [0.2, 0.25) is 0 Å². The molecule has 0 atom stereocenters. The van der Waals surface area contributed by atoms with Crippen LogP contribution in [0.25, 0.3) is 0 Å². The molecule has 37 heavy (non-hydrogen) atoms. The second kappa shape index (κ2) is 23.2. The number of Topliss-reactive ketones (excluding diaryl/α,β-unsaturated/α-hetero) is 1. The van der Waals surface area contributed by atoms with Crippen LogP contribution in [0.5, 0.6) is 5.75 Å². The van der Waals surface area contributed by atoms with Crippen LogP contribution in [0.3, 0.4) is 0 Å². The van der Waals surface area contributed by atoms with E-state index in [1.165, 1.54) is 12.1 Å². The first-order valence-corrected chi connectivity index (χ1v) is 13.4. The molecule has 202 valence electrons. The maximum Gasteiger partial charge on any atom is 0.341 e. The lowest BCUT2D eigenvalue weighted by molar-refractivity contribution is -0.123. The minimum atomic E-state index is -0.589. The fraction of sp³-hybridized carbons (Fsp3) is 0.438. The number of esters is 1. The number of hydrogen-bond acceptors (Lipinski definition) is 5. The molecule has 0 unspecified atom stereocenters. The van der Waals surface area contributed by atoms with Gasteiger partial charge in [0.25, 0.3) is 0 Å². The molecule has 0 fully saturated rings. The fourth-order valence-corrected chi connectivity index (χ4v) is 3.25. The number of unbranched alkanes of at least 4 members (excludes halogenated alkanes) is 2. The van der Waals surface area contributed by atoms with Gasteiger partial charge < -0.3 is 14.6 Å². The van der Waals surface area contributed by atoms with E-state index in [9.17, 15) is 14.7 Å². The Balaban J connectivity index is 1.91. The Morgan fingerprint density at radius 1 is 0.757 bits per heavy atom. The standard InChI is InChI=1S/C32H44O5/c1-2-3-4-5-6-7-8-9-10-11-12-13-14-15-16-17-18-21-26-36-28-29(33)23-22-27-37-32(35)30-24-19-20-25-31(30)34/h3-4,6-7,9-10,12-13,15-16,19-20,24-25,34H,2,5,8,11,14,17-18,21-23,26-28H2,1H3/b4-3-,7-6-,10-9-,13-12-,16-15-. The van der Waals surface area contributed by atoms with Crippen molar-refractivity contribution in [1.82, 2.24) is 0 Å². The van der Waals surface area contributed by atoms with Crippen molar-refractivity contribution in [3.63, 3.8) is 0 Å². The number of para-hydroxylation sites is 1. The minimum Gasteiger partial charge on any atom is -0.507 e. The number of ether oxygens (including phenoxy) is 2. The zero-order valence-electron chi connectivity index (χ0n) is 22.4. The summed E-state index contributed by atoms with van der Waals surface area (Å²) >= 11 is 0. The Hall–Kier alpha value is -3.18. The summed E-state index contributed by atoms with van der Waals surface area (Å²) in [6, 6.07) is 6.22. The van der Waals surface area contributed by atoms with Crippen LogP contribution in [-0.4, -0.2) is 36.7 Å². The molecule has 1 rings (SSSR count).